The van der Waals surface area contributed by atoms with Crippen molar-refractivity contribution in [2.24, 2.45) is 17.8 Å². The van der Waals surface area contributed by atoms with Crippen LogP contribution in [0, 0.1) is 24.7 Å². The number of imide groups is 2. The number of benzene rings is 2. The Morgan fingerprint density at radius 3 is 2.31 bits per heavy atom. The summed E-state index contributed by atoms with van der Waals surface area (Å²) in [5, 5.41) is 10.5. The molecule has 2 aromatic rings. The highest BCUT2D eigenvalue weighted by Gasteiger charge is 2.76. The lowest BCUT2D eigenvalue weighted by Crippen LogP contribution is -2.60. The number of nitrogens with zero attached hydrogens (tertiary/aromatic N) is 2. The summed E-state index contributed by atoms with van der Waals surface area (Å²) in [6, 6.07) is 9.26. The van der Waals surface area contributed by atoms with Crippen LogP contribution >= 0.6 is 46.4 Å². The number of aryl methyl sites for hydroxylation is 1. The molecule has 4 aliphatic rings. The van der Waals surface area contributed by atoms with Crippen LogP contribution in [0.5, 0.6) is 5.75 Å². The summed E-state index contributed by atoms with van der Waals surface area (Å²) in [5.74, 6) is -5.42. The summed E-state index contributed by atoms with van der Waals surface area (Å²) in [4.78, 5) is 52.9. The third-order valence-corrected chi connectivity index (χ3v) is 10.9. The van der Waals surface area contributed by atoms with Crippen LogP contribution in [0.4, 0.5) is 5.69 Å². The van der Waals surface area contributed by atoms with Crippen LogP contribution in [-0.4, -0.2) is 50.4 Å². The number of aromatic hydroxyl groups is 1. The van der Waals surface area contributed by atoms with Crippen LogP contribution < -0.4 is 4.90 Å². The number of fused-ring (bicyclic) bond motifs is 4. The Bertz CT molecular complexity index is 1540. The Hall–Kier alpha value is -2.58. The second-order valence-electron chi connectivity index (χ2n) is 10.6. The van der Waals surface area contributed by atoms with Gasteiger partial charge in [0.25, 0.3) is 11.8 Å². The fourth-order valence-electron chi connectivity index (χ4n) is 6.82. The topological polar surface area (TPSA) is 95.0 Å². The standard InChI is InChI=1S/C28H22Cl4N2O5/c1-12-3-4-13(9-19(12)29)34-23(36)17-8-7-15-18(21(17)24(34)37)11-27(31)25(38)33(2)26(39)28(27,32)22(15)16-6-5-14(35)10-20(16)30/h3-7,9-10,17-18,21-22,35H,8,11H2,1-2H3. The van der Waals surface area contributed by atoms with E-state index in [4.69, 9.17) is 46.4 Å². The van der Waals surface area contributed by atoms with Gasteiger partial charge in [0, 0.05) is 23.0 Å². The molecule has 2 aliphatic heterocycles. The highest BCUT2D eigenvalue weighted by atomic mass is 35.5. The van der Waals surface area contributed by atoms with Gasteiger partial charge in [0.2, 0.25) is 11.8 Å². The maximum absolute atomic E-state index is 14.0. The van der Waals surface area contributed by atoms with Crippen LogP contribution in [0.3, 0.4) is 0 Å². The monoisotopic (exact) mass is 606 g/mol. The van der Waals surface area contributed by atoms with Gasteiger partial charge in [-0.05, 0) is 61.1 Å². The molecule has 2 aliphatic carbocycles. The molecule has 6 rings (SSSR count). The number of anilines is 1. The zero-order valence-electron chi connectivity index (χ0n) is 20.8. The molecule has 3 fully saturated rings. The quantitative estimate of drug-likeness (QED) is 0.288. The first kappa shape index (κ1) is 26.6. The lowest BCUT2D eigenvalue weighted by Gasteiger charge is -2.51. The largest absolute Gasteiger partial charge is 0.508 e. The van der Waals surface area contributed by atoms with Crippen molar-refractivity contribution in [1.82, 2.24) is 4.90 Å². The minimum Gasteiger partial charge on any atom is -0.508 e. The molecule has 6 atom stereocenters. The first-order valence-corrected chi connectivity index (χ1v) is 13.9. The van der Waals surface area contributed by atoms with Crippen molar-refractivity contribution in [1.29, 1.82) is 0 Å². The Labute approximate surface area is 244 Å². The Morgan fingerprint density at radius 2 is 1.64 bits per heavy atom. The van der Waals surface area contributed by atoms with Gasteiger partial charge in [-0.2, -0.15) is 0 Å². The van der Waals surface area contributed by atoms with Crippen LogP contribution in [0.1, 0.15) is 29.9 Å². The highest BCUT2D eigenvalue weighted by molar-refractivity contribution is 6.54. The second-order valence-corrected chi connectivity index (χ2v) is 12.7. The van der Waals surface area contributed by atoms with Crippen molar-refractivity contribution in [2.75, 3.05) is 11.9 Å². The van der Waals surface area contributed by atoms with E-state index < -0.39 is 51.1 Å². The highest BCUT2D eigenvalue weighted by Crippen LogP contribution is 2.66. The van der Waals surface area contributed by atoms with Crippen LogP contribution in [0.15, 0.2) is 48.0 Å². The number of rotatable bonds is 2. The van der Waals surface area contributed by atoms with E-state index in [-0.39, 0.29) is 29.5 Å². The van der Waals surface area contributed by atoms with Crippen LogP contribution in [0.25, 0.3) is 0 Å². The van der Waals surface area contributed by atoms with E-state index in [9.17, 15) is 24.3 Å². The predicted octanol–water partition coefficient (Wildman–Crippen LogP) is 5.20. The van der Waals surface area contributed by atoms with Gasteiger partial charge in [-0.15, -0.1) is 23.2 Å². The molecule has 2 aromatic carbocycles. The average Bonchev–Trinajstić information content (AvgIpc) is 3.21. The number of phenolic OH excluding ortho intramolecular Hbond substituents is 1. The maximum Gasteiger partial charge on any atom is 0.253 e. The molecule has 0 spiro atoms. The number of alkyl halides is 2. The number of likely N-dealkylation sites (tertiary alicyclic amines) is 1. The van der Waals surface area contributed by atoms with E-state index in [1.165, 1.54) is 25.2 Å². The van der Waals surface area contributed by atoms with Crippen molar-refractivity contribution in [3.05, 3.63) is 69.2 Å². The fourth-order valence-corrected chi connectivity index (χ4v) is 8.28. The van der Waals surface area contributed by atoms with Gasteiger partial charge in [0.15, 0.2) is 9.75 Å². The van der Waals surface area contributed by atoms with Gasteiger partial charge in [-0.25, -0.2) is 4.90 Å². The summed E-state index contributed by atoms with van der Waals surface area (Å²) in [7, 11) is 1.32. The van der Waals surface area contributed by atoms with E-state index in [0.29, 0.717) is 21.8 Å². The normalized spacial score (nSPS) is 33.7. The minimum absolute atomic E-state index is 0.0931. The molecular formula is C28H22Cl4N2O5. The molecular weight excluding hydrogens is 586 g/mol. The Balaban J connectivity index is 1.52. The van der Waals surface area contributed by atoms with Crippen molar-refractivity contribution < 1.29 is 24.3 Å². The molecule has 0 radical (unpaired) electrons. The number of amides is 4. The number of carbonyl (C=O) groups excluding carboxylic acids is 4. The first-order valence-electron chi connectivity index (χ1n) is 12.4. The lowest BCUT2D eigenvalue weighted by atomic mass is 9.56. The van der Waals surface area contributed by atoms with Gasteiger partial charge in [0.05, 0.1) is 17.5 Å². The van der Waals surface area contributed by atoms with E-state index in [2.05, 4.69) is 0 Å². The molecule has 202 valence electrons. The van der Waals surface area contributed by atoms with Crippen molar-refractivity contribution >= 4 is 75.7 Å². The van der Waals surface area contributed by atoms with Gasteiger partial charge in [0.1, 0.15) is 5.75 Å². The molecule has 0 bridgehead atoms. The minimum atomic E-state index is -1.94. The van der Waals surface area contributed by atoms with Crippen molar-refractivity contribution in [3.8, 4) is 5.75 Å². The molecule has 4 amide bonds. The molecule has 2 heterocycles. The van der Waals surface area contributed by atoms with Crippen LogP contribution in [-0.2, 0) is 19.2 Å². The Morgan fingerprint density at radius 1 is 0.923 bits per heavy atom. The number of phenols is 1. The third kappa shape index (κ3) is 3.37. The SMILES string of the molecule is Cc1ccc(N2C(=O)C3CC=C4C(CC5(Cl)C(=O)N(C)C(=O)C5(Cl)C4c4ccc(O)cc4Cl)C3C2=O)cc1Cl. The molecule has 39 heavy (non-hydrogen) atoms. The number of allylic oxidation sites excluding steroid dienone is 2. The molecule has 1 N–H and O–H groups in total. The maximum atomic E-state index is 14.0. The number of hydrogen-bond acceptors (Lipinski definition) is 5. The second kappa shape index (κ2) is 8.71. The summed E-state index contributed by atoms with van der Waals surface area (Å²) < 4.78 is 0. The number of carbonyl (C=O) groups is 4. The summed E-state index contributed by atoms with van der Waals surface area (Å²) in [6.07, 6.45) is 1.93. The zero-order valence-corrected chi connectivity index (χ0v) is 23.8. The summed E-state index contributed by atoms with van der Waals surface area (Å²) in [6.45, 7) is 1.82. The zero-order chi connectivity index (χ0) is 28.2. The van der Waals surface area contributed by atoms with Gasteiger partial charge in [-0.3, -0.25) is 24.1 Å². The summed E-state index contributed by atoms with van der Waals surface area (Å²) in [5.41, 5.74) is 2.18. The van der Waals surface area contributed by atoms with E-state index >= 15 is 0 Å². The molecule has 2 saturated heterocycles. The number of hydrogen-bond donors (Lipinski definition) is 1. The van der Waals surface area contributed by atoms with Gasteiger partial charge < -0.3 is 5.11 Å². The van der Waals surface area contributed by atoms with Crippen molar-refractivity contribution in [2.45, 2.75) is 35.4 Å². The molecule has 11 heteroatoms. The van der Waals surface area contributed by atoms with Crippen molar-refractivity contribution in [3.63, 3.8) is 0 Å². The smallest absolute Gasteiger partial charge is 0.253 e. The lowest BCUT2D eigenvalue weighted by molar-refractivity contribution is -0.138. The molecule has 0 aromatic heterocycles. The molecule has 7 nitrogen and oxygen atoms in total. The van der Waals surface area contributed by atoms with Gasteiger partial charge >= 0.3 is 0 Å². The fraction of sp³-hybridized carbons (Fsp3) is 0.357. The van der Waals surface area contributed by atoms with E-state index in [0.717, 1.165) is 15.4 Å². The first-order chi connectivity index (χ1) is 18.3. The van der Waals surface area contributed by atoms with Crippen LogP contribution in [0.2, 0.25) is 10.0 Å². The summed E-state index contributed by atoms with van der Waals surface area (Å²) >= 11 is 27.1. The van der Waals surface area contributed by atoms with Gasteiger partial charge in [-0.1, -0.05) is 47.0 Å². The molecule has 1 saturated carbocycles. The Kier molecular flexibility index (Phi) is 5.95. The molecule has 6 unspecified atom stereocenters. The predicted molar refractivity (Wildman–Crippen MR) is 147 cm³/mol. The van der Waals surface area contributed by atoms with E-state index in [1.807, 2.05) is 13.0 Å². The number of halogens is 4. The average molecular weight is 608 g/mol. The third-order valence-electron chi connectivity index (χ3n) is 8.72. The van der Waals surface area contributed by atoms with E-state index in [1.54, 1.807) is 18.2 Å².